The summed E-state index contributed by atoms with van der Waals surface area (Å²) in [6, 6.07) is 6.65. The fraction of sp³-hybridized carbons (Fsp3) is 0.444. The first kappa shape index (κ1) is 19.7. The maximum atomic E-state index is 12.6. The zero-order valence-corrected chi connectivity index (χ0v) is 14.5. The van der Waals surface area contributed by atoms with Crippen molar-refractivity contribution in [3.05, 3.63) is 35.4 Å². The molecule has 130 valence electrons. The minimum atomic E-state index is -1.12. The van der Waals surface area contributed by atoms with Gasteiger partial charge in [-0.15, -0.1) is 0 Å². The van der Waals surface area contributed by atoms with Crippen molar-refractivity contribution in [2.24, 2.45) is 0 Å². The van der Waals surface area contributed by atoms with Gasteiger partial charge in [0.15, 0.2) is 0 Å². The van der Waals surface area contributed by atoms with E-state index in [4.69, 9.17) is 5.11 Å². The van der Waals surface area contributed by atoms with Crippen LogP contribution in [0, 0.1) is 11.8 Å². The van der Waals surface area contributed by atoms with E-state index in [1.54, 1.807) is 38.1 Å². The molecule has 6 heteroatoms. The summed E-state index contributed by atoms with van der Waals surface area (Å²) < 4.78 is 0. The zero-order valence-electron chi connectivity index (χ0n) is 14.5. The average molecular weight is 332 g/mol. The minimum absolute atomic E-state index is 0.317. The van der Waals surface area contributed by atoms with Crippen LogP contribution in [0.4, 0.5) is 0 Å². The Morgan fingerprint density at radius 3 is 2.42 bits per heavy atom. The van der Waals surface area contributed by atoms with Crippen molar-refractivity contribution in [2.45, 2.75) is 19.4 Å². The summed E-state index contributed by atoms with van der Waals surface area (Å²) in [6.07, 6.45) is 0. The molecule has 1 aromatic carbocycles. The van der Waals surface area contributed by atoms with Crippen molar-refractivity contribution in [3.63, 3.8) is 0 Å². The average Bonchev–Trinajstić information content (AvgIpc) is 2.48. The fourth-order valence-electron chi connectivity index (χ4n) is 1.87. The van der Waals surface area contributed by atoms with Crippen LogP contribution in [-0.4, -0.2) is 71.2 Å². The van der Waals surface area contributed by atoms with Crippen molar-refractivity contribution in [3.8, 4) is 11.8 Å². The summed E-state index contributed by atoms with van der Waals surface area (Å²) in [7, 11) is 3.71. The van der Waals surface area contributed by atoms with Gasteiger partial charge in [-0.1, -0.05) is 17.9 Å². The molecule has 1 aromatic rings. The molecule has 0 atom stereocenters. The van der Waals surface area contributed by atoms with Gasteiger partial charge >= 0.3 is 5.97 Å². The van der Waals surface area contributed by atoms with E-state index in [1.807, 2.05) is 19.0 Å². The number of carboxylic acids is 1. The third kappa shape index (κ3) is 7.27. The number of benzene rings is 1. The van der Waals surface area contributed by atoms with E-state index in [1.165, 1.54) is 4.90 Å². The summed E-state index contributed by atoms with van der Waals surface area (Å²) in [6.45, 7) is 3.68. The molecule has 0 saturated heterocycles. The first-order valence-corrected chi connectivity index (χ1v) is 7.60. The third-order valence-electron chi connectivity index (χ3n) is 3.05. The Morgan fingerprint density at radius 1 is 1.21 bits per heavy atom. The SMILES string of the molecule is CN(C)CCN(CC(=O)O)C(=O)c1cccc(C#CC(C)(C)O)c1. The van der Waals surface area contributed by atoms with Gasteiger partial charge in [0.25, 0.3) is 5.91 Å². The Labute approximate surface area is 142 Å². The number of aliphatic carboxylic acids is 1. The predicted molar refractivity (Wildman–Crippen MR) is 91.7 cm³/mol. The molecule has 2 N–H and O–H groups in total. The molecular formula is C18H24N2O4. The molecule has 24 heavy (non-hydrogen) atoms. The number of carboxylic acid groups (broad SMARTS) is 1. The van der Waals surface area contributed by atoms with Gasteiger partial charge in [0.05, 0.1) is 0 Å². The van der Waals surface area contributed by atoms with Gasteiger partial charge in [0.2, 0.25) is 0 Å². The highest BCUT2D eigenvalue weighted by Gasteiger charge is 2.18. The molecule has 0 spiro atoms. The van der Waals surface area contributed by atoms with Crippen LogP contribution >= 0.6 is 0 Å². The van der Waals surface area contributed by atoms with Crippen LogP contribution in [0.2, 0.25) is 0 Å². The molecule has 0 saturated carbocycles. The highest BCUT2D eigenvalue weighted by molar-refractivity contribution is 5.96. The molecule has 0 radical (unpaired) electrons. The number of amides is 1. The van der Waals surface area contributed by atoms with Gasteiger partial charge in [-0.3, -0.25) is 9.59 Å². The molecule has 0 bridgehead atoms. The highest BCUT2D eigenvalue weighted by Crippen LogP contribution is 2.09. The summed E-state index contributed by atoms with van der Waals surface area (Å²) in [4.78, 5) is 26.8. The summed E-state index contributed by atoms with van der Waals surface area (Å²) in [5.74, 6) is 4.09. The van der Waals surface area contributed by atoms with Crippen LogP contribution in [0.1, 0.15) is 29.8 Å². The monoisotopic (exact) mass is 332 g/mol. The molecule has 0 aliphatic heterocycles. The van der Waals surface area contributed by atoms with E-state index >= 15 is 0 Å². The number of nitrogens with zero attached hydrogens (tertiary/aromatic N) is 2. The van der Waals surface area contributed by atoms with Crippen LogP contribution in [-0.2, 0) is 4.79 Å². The summed E-state index contributed by atoms with van der Waals surface area (Å²) >= 11 is 0. The van der Waals surface area contributed by atoms with Crippen LogP contribution in [0.25, 0.3) is 0 Å². The van der Waals surface area contributed by atoms with Gasteiger partial charge in [-0.25, -0.2) is 0 Å². The van der Waals surface area contributed by atoms with E-state index in [0.29, 0.717) is 24.2 Å². The molecule has 0 heterocycles. The molecule has 1 rings (SSSR count). The van der Waals surface area contributed by atoms with E-state index in [2.05, 4.69) is 11.8 Å². The number of aliphatic hydroxyl groups is 1. The summed E-state index contributed by atoms with van der Waals surface area (Å²) in [5.41, 5.74) is -0.162. The standard InChI is InChI=1S/C18H24N2O4/c1-18(2,24)9-8-14-6-5-7-15(12-14)17(23)20(13-16(21)22)11-10-19(3)4/h5-7,12,24H,10-11,13H2,1-4H3,(H,21,22). The van der Waals surface area contributed by atoms with Crippen molar-refractivity contribution in [1.82, 2.24) is 9.80 Å². The lowest BCUT2D eigenvalue weighted by Crippen LogP contribution is -2.40. The van der Waals surface area contributed by atoms with E-state index in [9.17, 15) is 14.7 Å². The van der Waals surface area contributed by atoms with Crippen molar-refractivity contribution < 1.29 is 19.8 Å². The number of rotatable bonds is 6. The third-order valence-corrected chi connectivity index (χ3v) is 3.05. The number of likely N-dealkylation sites (N-methyl/N-ethyl adjacent to an activating group) is 1. The van der Waals surface area contributed by atoms with Gasteiger partial charge < -0.3 is 20.0 Å². The van der Waals surface area contributed by atoms with Crippen LogP contribution in [0.3, 0.4) is 0 Å². The molecule has 0 aliphatic rings. The highest BCUT2D eigenvalue weighted by atomic mass is 16.4. The second-order valence-electron chi connectivity index (χ2n) is 6.31. The van der Waals surface area contributed by atoms with E-state index in [0.717, 1.165) is 0 Å². The zero-order chi connectivity index (χ0) is 18.3. The second-order valence-corrected chi connectivity index (χ2v) is 6.31. The van der Waals surface area contributed by atoms with Crippen LogP contribution < -0.4 is 0 Å². The molecular weight excluding hydrogens is 308 g/mol. The van der Waals surface area contributed by atoms with Crippen molar-refractivity contribution in [2.75, 3.05) is 33.7 Å². The maximum absolute atomic E-state index is 12.6. The van der Waals surface area contributed by atoms with Crippen molar-refractivity contribution in [1.29, 1.82) is 0 Å². The maximum Gasteiger partial charge on any atom is 0.323 e. The molecule has 0 fully saturated rings. The first-order chi connectivity index (χ1) is 11.1. The molecule has 0 aliphatic carbocycles. The van der Waals surface area contributed by atoms with Crippen molar-refractivity contribution >= 4 is 11.9 Å². The minimum Gasteiger partial charge on any atom is -0.480 e. The van der Waals surface area contributed by atoms with E-state index in [-0.39, 0.29) is 12.5 Å². The molecule has 0 unspecified atom stereocenters. The number of carbonyl (C=O) groups excluding carboxylic acids is 1. The number of hydrogen-bond donors (Lipinski definition) is 2. The largest absolute Gasteiger partial charge is 0.480 e. The van der Waals surface area contributed by atoms with Gasteiger partial charge in [0, 0.05) is 24.2 Å². The molecule has 0 aromatic heterocycles. The Balaban J connectivity index is 3.00. The second kappa shape index (κ2) is 8.48. The lowest BCUT2D eigenvalue weighted by molar-refractivity contribution is -0.137. The Bertz CT molecular complexity index is 651. The smallest absolute Gasteiger partial charge is 0.323 e. The number of carbonyl (C=O) groups is 2. The Morgan fingerprint density at radius 2 is 1.88 bits per heavy atom. The lowest BCUT2D eigenvalue weighted by atomic mass is 10.1. The Hall–Kier alpha value is -2.36. The first-order valence-electron chi connectivity index (χ1n) is 7.60. The van der Waals surface area contributed by atoms with Crippen LogP contribution in [0.5, 0.6) is 0 Å². The van der Waals surface area contributed by atoms with Gasteiger partial charge in [-0.05, 0) is 46.1 Å². The quantitative estimate of drug-likeness (QED) is 0.757. The fourth-order valence-corrected chi connectivity index (χ4v) is 1.87. The topological polar surface area (TPSA) is 81.1 Å². The normalized spacial score (nSPS) is 10.9. The van der Waals surface area contributed by atoms with E-state index < -0.39 is 11.6 Å². The summed E-state index contributed by atoms with van der Waals surface area (Å²) in [5, 5.41) is 18.7. The predicted octanol–water partition coefficient (Wildman–Crippen LogP) is 0.897. The molecule has 6 nitrogen and oxygen atoms in total. The van der Waals surface area contributed by atoms with Gasteiger partial charge in [0.1, 0.15) is 12.1 Å². The Kier molecular flexibility index (Phi) is 6.96. The number of hydrogen-bond acceptors (Lipinski definition) is 4. The van der Waals surface area contributed by atoms with Gasteiger partial charge in [-0.2, -0.15) is 0 Å². The lowest BCUT2D eigenvalue weighted by Gasteiger charge is -2.22. The molecule has 1 amide bonds. The van der Waals surface area contributed by atoms with Crippen LogP contribution in [0.15, 0.2) is 24.3 Å².